The van der Waals surface area contributed by atoms with Gasteiger partial charge in [0.2, 0.25) is 0 Å². The summed E-state index contributed by atoms with van der Waals surface area (Å²) >= 11 is 1.47. The number of carbonyl (C=O) groups excluding carboxylic acids is 1. The fraction of sp³-hybridized carbons (Fsp3) is 0.333. The van der Waals surface area contributed by atoms with Crippen molar-refractivity contribution >= 4 is 40.5 Å². The Morgan fingerprint density at radius 3 is 3.00 bits per heavy atom. The number of amides is 1. The molecule has 1 aliphatic rings. The normalized spacial score (nSPS) is 13.7. The van der Waals surface area contributed by atoms with Crippen LogP contribution in [0.3, 0.4) is 0 Å². The first-order valence-corrected chi connectivity index (χ1v) is 8.15. The first-order chi connectivity index (χ1) is 11.1. The number of nitro benzene ring substituents is 1. The molecule has 0 bridgehead atoms. The Kier molecular flexibility index (Phi) is 5.87. The predicted molar refractivity (Wildman–Crippen MR) is 95.1 cm³/mol. The highest BCUT2D eigenvalue weighted by molar-refractivity contribution is 7.15. The van der Waals surface area contributed by atoms with Gasteiger partial charge in [-0.15, -0.1) is 23.7 Å². The van der Waals surface area contributed by atoms with Crippen LogP contribution in [0.4, 0.5) is 10.8 Å². The third-order valence-corrected chi connectivity index (χ3v) is 4.79. The number of hydrogen-bond donors (Lipinski definition) is 1. The number of nitro groups is 1. The molecule has 1 aromatic heterocycles. The molecule has 0 saturated carbocycles. The van der Waals surface area contributed by atoms with E-state index in [0.29, 0.717) is 5.13 Å². The maximum atomic E-state index is 12.2. The number of benzene rings is 1. The highest BCUT2D eigenvalue weighted by Gasteiger charge is 2.21. The van der Waals surface area contributed by atoms with Crippen LogP contribution in [0.2, 0.25) is 0 Å². The van der Waals surface area contributed by atoms with Gasteiger partial charge in [-0.3, -0.25) is 25.1 Å². The lowest BCUT2D eigenvalue weighted by Gasteiger charge is -2.23. The summed E-state index contributed by atoms with van der Waals surface area (Å²) in [5.74, 6) is -0.382. The number of rotatable bonds is 4. The third-order valence-electron chi connectivity index (χ3n) is 3.80. The largest absolute Gasteiger partial charge is 0.298 e. The molecule has 0 aliphatic carbocycles. The second-order valence-electron chi connectivity index (χ2n) is 5.27. The van der Waals surface area contributed by atoms with Crippen LogP contribution in [-0.2, 0) is 13.0 Å². The van der Waals surface area contributed by atoms with Crippen LogP contribution < -0.4 is 5.32 Å². The predicted octanol–water partition coefficient (Wildman–Crippen LogP) is 3.10. The molecule has 1 N–H and O–H groups in total. The van der Waals surface area contributed by atoms with Gasteiger partial charge in [-0.25, -0.2) is 4.98 Å². The molecule has 24 heavy (non-hydrogen) atoms. The topological polar surface area (TPSA) is 88.4 Å². The van der Waals surface area contributed by atoms with E-state index in [-0.39, 0.29) is 29.6 Å². The summed E-state index contributed by atoms with van der Waals surface area (Å²) in [6.45, 7) is 4.95. The highest BCUT2D eigenvalue weighted by atomic mass is 35.5. The molecule has 128 valence electrons. The summed E-state index contributed by atoms with van der Waals surface area (Å²) in [6.07, 6.45) is 0.881. The summed E-state index contributed by atoms with van der Waals surface area (Å²) in [5, 5.41) is 14.1. The minimum Gasteiger partial charge on any atom is -0.298 e. The van der Waals surface area contributed by atoms with Crippen molar-refractivity contribution in [3.8, 4) is 0 Å². The van der Waals surface area contributed by atoms with E-state index in [2.05, 4.69) is 22.1 Å². The van der Waals surface area contributed by atoms with Crippen molar-refractivity contribution in [3.05, 3.63) is 50.5 Å². The Balaban J connectivity index is 0.00000208. The Bertz CT molecular complexity index is 765. The fourth-order valence-electron chi connectivity index (χ4n) is 2.50. The molecule has 1 aromatic carbocycles. The second-order valence-corrected chi connectivity index (χ2v) is 6.35. The number of non-ortho nitro benzene ring substituents is 1. The Hall–Kier alpha value is -2.03. The quantitative estimate of drug-likeness (QED) is 0.661. The zero-order valence-corrected chi connectivity index (χ0v) is 14.7. The Morgan fingerprint density at radius 2 is 2.29 bits per heavy atom. The minimum absolute atomic E-state index is 0. The van der Waals surface area contributed by atoms with Crippen LogP contribution in [0, 0.1) is 10.1 Å². The van der Waals surface area contributed by atoms with Crippen molar-refractivity contribution in [2.24, 2.45) is 0 Å². The molecule has 1 amide bonds. The van der Waals surface area contributed by atoms with Crippen LogP contribution in [-0.4, -0.2) is 33.8 Å². The summed E-state index contributed by atoms with van der Waals surface area (Å²) in [7, 11) is 0. The van der Waals surface area contributed by atoms with Gasteiger partial charge in [-0.05, 0) is 12.6 Å². The molecule has 2 heterocycles. The first-order valence-electron chi connectivity index (χ1n) is 7.33. The number of thiazole rings is 1. The standard InChI is InChI=1S/C15H16N4O3S.ClH/c1-2-18-7-6-12-13(9-18)23-15(16-12)17-14(20)10-4-3-5-11(8-10)19(21)22;/h3-5,8H,2,6-7,9H2,1H3,(H,16,17,20);1H. The van der Waals surface area contributed by atoms with Crippen LogP contribution in [0.5, 0.6) is 0 Å². The second kappa shape index (κ2) is 7.69. The number of fused-ring (bicyclic) bond motifs is 1. The number of halogens is 1. The molecular formula is C15H17ClN4O3S. The Morgan fingerprint density at radius 1 is 1.50 bits per heavy atom. The molecule has 2 aromatic rings. The summed E-state index contributed by atoms with van der Waals surface area (Å²) in [5.41, 5.74) is 1.19. The smallest absolute Gasteiger partial charge is 0.270 e. The van der Waals surface area contributed by atoms with E-state index in [1.807, 2.05) is 0 Å². The summed E-state index contributed by atoms with van der Waals surface area (Å²) < 4.78 is 0. The molecule has 9 heteroatoms. The molecular weight excluding hydrogens is 352 g/mol. The van der Waals surface area contributed by atoms with Crippen LogP contribution in [0.15, 0.2) is 24.3 Å². The fourth-order valence-corrected chi connectivity index (χ4v) is 3.55. The van der Waals surface area contributed by atoms with Crippen LogP contribution in [0.1, 0.15) is 27.9 Å². The molecule has 0 unspecified atom stereocenters. The van der Waals surface area contributed by atoms with Gasteiger partial charge in [0.05, 0.1) is 10.6 Å². The average molecular weight is 369 g/mol. The van der Waals surface area contributed by atoms with Crippen molar-refractivity contribution in [1.82, 2.24) is 9.88 Å². The van der Waals surface area contributed by atoms with E-state index in [4.69, 9.17) is 0 Å². The molecule has 0 atom stereocenters. The Labute approximate surface area is 149 Å². The van der Waals surface area contributed by atoms with Crippen molar-refractivity contribution in [3.63, 3.8) is 0 Å². The number of aromatic nitrogens is 1. The molecule has 0 fully saturated rings. The highest BCUT2D eigenvalue weighted by Crippen LogP contribution is 2.28. The van der Waals surface area contributed by atoms with Crippen LogP contribution in [0.25, 0.3) is 0 Å². The lowest BCUT2D eigenvalue weighted by atomic mass is 10.2. The minimum atomic E-state index is -0.516. The van der Waals surface area contributed by atoms with Gasteiger partial charge in [0.25, 0.3) is 11.6 Å². The van der Waals surface area contributed by atoms with E-state index in [1.165, 1.54) is 34.4 Å². The lowest BCUT2D eigenvalue weighted by Crippen LogP contribution is -2.29. The molecule has 1 aliphatic heterocycles. The van der Waals surface area contributed by atoms with Gasteiger partial charge in [0.1, 0.15) is 0 Å². The number of anilines is 1. The van der Waals surface area contributed by atoms with Gasteiger partial charge >= 0.3 is 0 Å². The van der Waals surface area contributed by atoms with Gasteiger partial charge < -0.3 is 0 Å². The SMILES string of the molecule is CCN1CCc2nc(NC(=O)c3cccc([N+](=O)[O-])c3)sc2C1.Cl. The number of nitrogens with one attached hydrogen (secondary N) is 1. The number of carbonyl (C=O) groups is 1. The summed E-state index contributed by atoms with van der Waals surface area (Å²) in [6, 6.07) is 5.67. The molecule has 0 radical (unpaired) electrons. The van der Waals surface area contributed by atoms with Crippen LogP contribution >= 0.6 is 23.7 Å². The van der Waals surface area contributed by atoms with Crippen molar-refractivity contribution < 1.29 is 9.72 Å². The van der Waals surface area contributed by atoms with Crippen molar-refractivity contribution in [1.29, 1.82) is 0 Å². The van der Waals surface area contributed by atoms with Gasteiger partial charge in [-0.1, -0.05) is 13.0 Å². The molecule has 0 spiro atoms. The van der Waals surface area contributed by atoms with Gasteiger partial charge in [0.15, 0.2) is 5.13 Å². The molecule has 3 rings (SSSR count). The first kappa shape index (κ1) is 18.3. The average Bonchev–Trinajstić information content (AvgIpc) is 2.95. The number of hydrogen-bond acceptors (Lipinski definition) is 6. The maximum Gasteiger partial charge on any atom is 0.270 e. The maximum absolute atomic E-state index is 12.2. The monoisotopic (exact) mass is 368 g/mol. The zero-order valence-electron chi connectivity index (χ0n) is 13.0. The molecule has 0 saturated heterocycles. The summed E-state index contributed by atoms with van der Waals surface area (Å²) in [4.78, 5) is 30.5. The van der Waals surface area contributed by atoms with E-state index >= 15 is 0 Å². The van der Waals surface area contributed by atoms with Gasteiger partial charge in [0, 0.05) is 42.1 Å². The number of nitrogens with zero attached hydrogens (tertiary/aromatic N) is 3. The van der Waals surface area contributed by atoms with Gasteiger partial charge in [-0.2, -0.15) is 0 Å². The number of likely N-dealkylation sites (N-methyl/N-ethyl adjacent to an activating group) is 1. The zero-order chi connectivity index (χ0) is 16.4. The van der Waals surface area contributed by atoms with E-state index in [1.54, 1.807) is 6.07 Å². The van der Waals surface area contributed by atoms with E-state index in [9.17, 15) is 14.9 Å². The van der Waals surface area contributed by atoms with Crippen molar-refractivity contribution in [2.75, 3.05) is 18.4 Å². The third kappa shape index (κ3) is 3.89. The van der Waals surface area contributed by atoms with E-state index < -0.39 is 4.92 Å². The van der Waals surface area contributed by atoms with Crippen molar-refractivity contribution in [2.45, 2.75) is 19.9 Å². The lowest BCUT2D eigenvalue weighted by molar-refractivity contribution is -0.384. The van der Waals surface area contributed by atoms with E-state index in [0.717, 1.165) is 31.7 Å². The molecule has 7 nitrogen and oxygen atoms in total.